The Hall–Kier alpha value is -3.00. The second-order valence-electron chi connectivity index (χ2n) is 7.73. The number of rotatable bonds is 4. The lowest BCUT2D eigenvalue weighted by molar-refractivity contribution is -0.0134. The third kappa shape index (κ3) is 3.23. The summed E-state index contributed by atoms with van der Waals surface area (Å²) in [6.07, 6.45) is 6.16. The first-order valence-corrected chi connectivity index (χ1v) is 9.78. The molecule has 7 nitrogen and oxygen atoms in total. The van der Waals surface area contributed by atoms with E-state index in [1.807, 2.05) is 13.1 Å². The van der Waals surface area contributed by atoms with Crippen molar-refractivity contribution in [2.24, 2.45) is 0 Å². The molecule has 0 spiro atoms. The maximum absolute atomic E-state index is 14.8. The van der Waals surface area contributed by atoms with E-state index in [1.165, 1.54) is 0 Å². The molecule has 2 aliphatic rings. The van der Waals surface area contributed by atoms with Gasteiger partial charge in [-0.25, -0.2) is 9.37 Å². The summed E-state index contributed by atoms with van der Waals surface area (Å²) < 4.78 is 22.4. The number of nitrogens with zero attached hydrogens (tertiary/aromatic N) is 5. The zero-order valence-corrected chi connectivity index (χ0v) is 16.0. The van der Waals surface area contributed by atoms with E-state index in [0.29, 0.717) is 29.6 Å². The average Bonchev–Trinajstić information content (AvgIpc) is 3.35. The Kier molecular flexibility index (Phi) is 4.43. The number of phenolic OH excluding ortho intramolecular Hbond substituents is 1. The van der Waals surface area contributed by atoms with Gasteiger partial charge in [0.15, 0.2) is 6.17 Å². The standard InChI is InChI=1S/C21H22FN5O2/c1-26-13-3-6-17(26)21(22)19(11-13)29-20-7-5-16(24-25-20)15-4-2-14(10-18(15)28)27-9-8-23-12-27/h2,4-5,7-10,12-13,17,19,21,28H,3,6,11H2,1H3/t13-,17+,19-,21+/m0/s1. The monoisotopic (exact) mass is 395 g/mol. The lowest BCUT2D eigenvalue weighted by Gasteiger charge is -2.38. The van der Waals surface area contributed by atoms with E-state index < -0.39 is 12.3 Å². The Labute approximate surface area is 167 Å². The molecule has 0 amide bonds. The van der Waals surface area contributed by atoms with Crippen LogP contribution in [0.2, 0.25) is 0 Å². The Balaban J connectivity index is 1.32. The van der Waals surface area contributed by atoms with E-state index in [9.17, 15) is 9.50 Å². The van der Waals surface area contributed by atoms with E-state index >= 15 is 0 Å². The van der Waals surface area contributed by atoms with E-state index in [0.717, 1.165) is 18.5 Å². The molecule has 0 aliphatic carbocycles. The predicted octanol–water partition coefficient (Wildman–Crippen LogP) is 2.99. The normalized spacial score (nSPS) is 26.6. The minimum absolute atomic E-state index is 0.0723. The fraction of sp³-hybridized carbons (Fsp3) is 0.381. The van der Waals surface area contributed by atoms with Crippen molar-refractivity contribution in [1.82, 2.24) is 24.6 Å². The first-order valence-electron chi connectivity index (χ1n) is 9.78. The molecule has 29 heavy (non-hydrogen) atoms. The smallest absolute Gasteiger partial charge is 0.233 e. The molecular formula is C21H22FN5O2. The van der Waals surface area contributed by atoms with Gasteiger partial charge in [-0.15, -0.1) is 10.2 Å². The molecule has 0 saturated carbocycles. The van der Waals surface area contributed by atoms with Gasteiger partial charge in [0.25, 0.3) is 0 Å². The lowest BCUT2D eigenvalue weighted by Crippen LogP contribution is -2.52. The number of aromatic nitrogens is 4. The summed E-state index contributed by atoms with van der Waals surface area (Å²) in [6.45, 7) is 0. The van der Waals surface area contributed by atoms with Crippen molar-refractivity contribution in [3.63, 3.8) is 0 Å². The third-order valence-electron chi connectivity index (χ3n) is 6.09. The number of aromatic hydroxyl groups is 1. The molecule has 4 atom stereocenters. The number of imidazole rings is 1. The van der Waals surface area contributed by atoms with Crippen molar-refractivity contribution >= 4 is 0 Å². The van der Waals surface area contributed by atoms with Crippen LogP contribution in [0.5, 0.6) is 11.6 Å². The summed E-state index contributed by atoms with van der Waals surface area (Å²) in [5.41, 5.74) is 1.88. The minimum atomic E-state index is -1.03. The van der Waals surface area contributed by atoms with E-state index in [-0.39, 0.29) is 11.8 Å². The fourth-order valence-electron chi connectivity index (χ4n) is 4.46. The van der Waals surface area contributed by atoms with Gasteiger partial charge in [-0.1, -0.05) is 0 Å². The zero-order chi connectivity index (χ0) is 20.0. The minimum Gasteiger partial charge on any atom is -0.507 e. The summed E-state index contributed by atoms with van der Waals surface area (Å²) in [5, 5.41) is 18.7. The molecule has 2 aromatic heterocycles. The van der Waals surface area contributed by atoms with E-state index in [1.54, 1.807) is 47.6 Å². The number of piperidine rings is 1. The number of hydrogen-bond donors (Lipinski definition) is 1. The highest BCUT2D eigenvalue weighted by molar-refractivity contribution is 5.68. The second-order valence-corrected chi connectivity index (χ2v) is 7.73. The van der Waals surface area contributed by atoms with Crippen molar-refractivity contribution in [3.8, 4) is 28.6 Å². The van der Waals surface area contributed by atoms with Crippen molar-refractivity contribution < 1.29 is 14.2 Å². The Morgan fingerprint density at radius 1 is 1.17 bits per heavy atom. The highest BCUT2D eigenvalue weighted by Gasteiger charge is 2.47. The second kappa shape index (κ2) is 7.11. The molecule has 0 unspecified atom stereocenters. The third-order valence-corrected chi connectivity index (χ3v) is 6.09. The van der Waals surface area contributed by atoms with E-state index in [2.05, 4.69) is 20.1 Å². The van der Waals surface area contributed by atoms with Gasteiger partial charge < -0.3 is 14.4 Å². The van der Waals surface area contributed by atoms with Gasteiger partial charge in [0.2, 0.25) is 5.88 Å². The van der Waals surface area contributed by atoms with Gasteiger partial charge in [0.1, 0.15) is 11.9 Å². The molecule has 0 radical (unpaired) electrons. The van der Waals surface area contributed by atoms with Crippen molar-refractivity contribution in [2.45, 2.75) is 43.6 Å². The predicted molar refractivity (Wildman–Crippen MR) is 105 cm³/mol. The summed E-state index contributed by atoms with van der Waals surface area (Å²) in [7, 11) is 1.99. The lowest BCUT2D eigenvalue weighted by atomic mass is 9.98. The largest absolute Gasteiger partial charge is 0.507 e. The molecule has 2 aliphatic heterocycles. The van der Waals surface area contributed by atoms with Crippen LogP contribution in [-0.4, -0.2) is 61.2 Å². The van der Waals surface area contributed by atoms with Gasteiger partial charge in [-0.3, -0.25) is 4.90 Å². The summed E-state index contributed by atoms with van der Waals surface area (Å²) in [4.78, 5) is 6.14. The van der Waals surface area contributed by atoms with Crippen LogP contribution >= 0.6 is 0 Å². The summed E-state index contributed by atoms with van der Waals surface area (Å²) in [5.74, 6) is 0.398. The first-order chi connectivity index (χ1) is 14.1. The van der Waals surface area contributed by atoms with Gasteiger partial charge in [-0.2, -0.15) is 0 Å². The first kappa shape index (κ1) is 18.1. The molecular weight excluding hydrogens is 373 g/mol. The number of benzene rings is 1. The number of fused-ring (bicyclic) bond motifs is 2. The van der Waals surface area contributed by atoms with Crippen molar-refractivity contribution in [3.05, 3.63) is 49.1 Å². The van der Waals surface area contributed by atoms with Crippen LogP contribution < -0.4 is 4.74 Å². The Morgan fingerprint density at radius 2 is 2.07 bits per heavy atom. The number of halogens is 1. The molecule has 2 bridgehead atoms. The SMILES string of the molecule is CN1[C@H]2CC[C@@H]1[C@@H](F)[C@@H](Oc1ccc(-c3ccc(-n4ccnc4)cc3O)nn1)C2. The Bertz CT molecular complexity index is 995. The summed E-state index contributed by atoms with van der Waals surface area (Å²) >= 11 is 0. The number of phenols is 1. The molecule has 8 heteroatoms. The highest BCUT2D eigenvalue weighted by atomic mass is 19.1. The van der Waals surface area contributed by atoms with Crippen LogP contribution in [-0.2, 0) is 0 Å². The zero-order valence-electron chi connectivity index (χ0n) is 16.0. The van der Waals surface area contributed by atoms with Gasteiger partial charge in [0.05, 0.1) is 17.7 Å². The maximum atomic E-state index is 14.8. The van der Waals surface area contributed by atoms with Crippen LogP contribution in [0.15, 0.2) is 49.1 Å². The molecule has 1 aromatic carbocycles. The molecule has 4 heterocycles. The van der Waals surface area contributed by atoms with Crippen LogP contribution in [0.25, 0.3) is 16.9 Å². The quantitative estimate of drug-likeness (QED) is 0.732. The molecule has 1 N–H and O–H groups in total. The fourth-order valence-corrected chi connectivity index (χ4v) is 4.46. The number of hydrogen-bond acceptors (Lipinski definition) is 6. The van der Waals surface area contributed by atoms with Crippen LogP contribution in [0.1, 0.15) is 19.3 Å². The molecule has 150 valence electrons. The van der Waals surface area contributed by atoms with Crippen molar-refractivity contribution in [2.75, 3.05) is 7.05 Å². The highest BCUT2D eigenvalue weighted by Crippen LogP contribution is 2.37. The average molecular weight is 395 g/mol. The molecule has 5 rings (SSSR count). The van der Waals surface area contributed by atoms with Gasteiger partial charge in [-0.05, 0) is 38.1 Å². The van der Waals surface area contributed by atoms with E-state index in [4.69, 9.17) is 4.74 Å². The molecule has 2 fully saturated rings. The van der Waals surface area contributed by atoms with Gasteiger partial charge in [0, 0.05) is 48.6 Å². The van der Waals surface area contributed by atoms with Gasteiger partial charge >= 0.3 is 0 Å². The topological polar surface area (TPSA) is 76.3 Å². The number of alkyl halides is 1. The van der Waals surface area contributed by atoms with Crippen LogP contribution in [0, 0.1) is 0 Å². The summed E-state index contributed by atoms with van der Waals surface area (Å²) in [6, 6.07) is 8.99. The molecule has 3 aromatic rings. The van der Waals surface area contributed by atoms with Crippen LogP contribution in [0.4, 0.5) is 4.39 Å². The Morgan fingerprint density at radius 3 is 2.79 bits per heavy atom. The van der Waals surface area contributed by atoms with Crippen molar-refractivity contribution in [1.29, 1.82) is 0 Å². The van der Waals surface area contributed by atoms with Crippen LogP contribution in [0.3, 0.4) is 0 Å². The molecule has 2 saturated heterocycles. The number of ether oxygens (including phenoxy) is 1. The maximum Gasteiger partial charge on any atom is 0.233 e.